The minimum atomic E-state index is -0.620. The van der Waals surface area contributed by atoms with E-state index < -0.39 is 11.5 Å². The fraction of sp³-hybridized carbons (Fsp3) is 0.273. The minimum absolute atomic E-state index is 0.0165. The highest BCUT2D eigenvalue weighted by molar-refractivity contribution is 5.96. The normalized spacial score (nSPS) is 15.6. The molecular weight excluding hydrogens is 359 g/mol. The van der Waals surface area contributed by atoms with E-state index in [0.29, 0.717) is 5.58 Å². The van der Waals surface area contributed by atoms with Gasteiger partial charge < -0.3 is 9.73 Å². The Labute approximate surface area is 161 Å². The second-order valence-electron chi connectivity index (χ2n) is 7.14. The van der Waals surface area contributed by atoms with Crippen molar-refractivity contribution in [3.63, 3.8) is 0 Å². The van der Waals surface area contributed by atoms with Crippen molar-refractivity contribution in [2.24, 2.45) is 0 Å². The Balaban J connectivity index is 1.35. The first-order chi connectivity index (χ1) is 13.6. The van der Waals surface area contributed by atoms with Gasteiger partial charge in [-0.05, 0) is 42.7 Å². The lowest BCUT2D eigenvalue weighted by molar-refractivity contribution is 0.0905. The average molecular weight is 380 g/mol. The summed E-state index contributed by atoms with van der Waals surface area (Å²) in [5.41, 5.74) is 0.952. The van der Waals surface area contributed by atoms with Crippen molar-refractivity contribution in [3.8, 4) is 0 Å². The van der Waals surface area contributed by atoms with Crippen molar-refractivity contribution >= 4 is 16.9 Å². The number of nitrogens with one attached hydrogen (secondary N) is 1. The summed E-state index contributed by atoms with van der Waals surface area (Å²) in [5, 5.41) is 3.68. The Morgan fingerprint density at radius 1 is 1.11 bits per heavy atom. The van der Waals surface area contributed by atoms with Gasteiger partial charge in [0.2, 0.25) is 0 Å². The van der Waals surface area contributed by atoms with Gasteiger partial charge in [-0.1, -0.05) is 30.3 Å². The van der Waals surface area contributed by atoms with Crippen molar-refractivity contribution in [2.75, 3.05) is 13.1 Å². The van der Waals surface area contributed by atoms with E-state index in [2.05, 4.69) is 10.2 Å². The summed E-state index contributed by atoms with van der Waals surface area (Å²) >= 11 is 0. The monoisotopic (exact) mass is 380 g/mol. The molecule has 0 aliphatic carbocycles. The molecule has 5 nitrogen and oxygen atoms in total. The van der Waals surface area contributed by atoms with Crippen LogP contribution >= 0.6 is 0 Å². The Bertz CT molecular complexity index is 1040. The molecule has 0 unspecified atom stereocenters. The van der Waals surface area contributed by atoms with E-state index in [-0.39, 0.29) is 17.4 Å². The van der Waals surface area contributed by atoms with Crippen molar-refractivity contribution < 1.29 is 13.6 Å². The number of para-hydroxylation sites is 1. The first-order valence-corrected chi connectivity index (χ1v) is 9.39. The van der Waals surface area contributed by atoms with Gasteiger partial charge in [-0.15, -0.1) is 0 Å². The summed E-state index contributed by atoms with van der Waals surface area (Å²) in [6.07, 6.45) is 1.59. The van der Waals surface area contributed by atoms with Crippen LogP contribution in [0.3, 0.4) is 0 Å². The summed E-state index contributed by atoms with van der Waals surface area (Å²) < 4.78 is 18.3. The molecule has 2 heterocycles. The van der Waals surface area contributed by atoms with E-state index in [1.807, 2.05) is 12.1 Å². The summed E-state index contributed by atoms with van der Waals surface area (Å²) in [4.78, 5) is 27.0. The molecule has 6 heteroatoms. The molecule has 144 valence electrons. The zero-order chi connectivity index (χ0) is 19.5. The van der Waals surface area contributed by atoms with Gasteiger partial charge >= 0.3 is 5.63 Å². The lowest BCUT2D eigenvalue weighted by atomic mass is 10.0. The molecule has 1 amide bonds. The SMILES string of the molecule is O=C(NC1CCN(Cc2ccc(F)cc2)CC1)c1cc2ccccc2oc1=O. The highest BCUT2D eigenvalue weighted by Crippen LogP contribution is 2.16. The standard InChI is InChI=1S/C22H21FN2O3/c23-17-7-5-15(6-8-17)14-25-11-9-18(10-12-25)24-21(26)19-13-16-3-1-2-4-20(16)28-22(19)27/h1-8,13,18H,9-12,14H2,(H,24,26). The quantitative estimate of drug-likeness (QED) is 0.706. The summed E-state index contributed by atoms with van der Waals surface area (Å²) in [5.74, 6) is -0.625. The Hall–Kier alpha value is -2.99. The molecule has 2 aromatic carbocycles. The van der Waals surface area contributed by atoms with Crippen LogP contribution < -0.4 is 10.9 Å². The summed E-state index contributed by atoms with van der Waals surface area (Å²) in [6.45, 7) is 2.42. The van der Waals surface area contributed by atoms with E-state index >= 15 is 0 Å². The predicted octanol–water partition coefficient (Wildman–Crippen LogP) is 3.33. The van der Waals surface area contributed by atoms with Crippen LogP contribution in [-0.2, 0) is 6.54 Å². The fourth-order valence-corrected chi connectivity index (χ4v) is 3.57. The van der Waals surface area contributed by atoms with Crippen LogP contribution in [0.2, 0.25) is 0 Å². The second kappa shape index (κ2) is 7.94. The molecule has 0 radical (unpaired) electrons. The molecule has 28 heavy (non-hydrogen) atoms. The number of halogens is 1. The van der Waals surface area contributed by atoms with Crippen molar-refractivity contribution in [3.05, 3.63) is 82.0 Å². The molecule has 0 atom stereocenters. The number of carbonyl (C=O) groups excluding carboxylic acids is 1. The number of hydrogen-bond donors (Lipinski definition) is 1. The number of amides is 1. The average Bonchev–Trinajstić information content (AvgIpc) is 2.70. The van der Waals surface area contributed by atoms with Gasteiger partial charge in [0.15, 0.2) is 0 Å². The van der Waals surface area contributed by atoms with E-state index in [4.69, 9.17) is 4.42 Å². The summed E-state index contributed by atoms with van der Waals surface area (Å²) in [7, 11) is 0. The fourth-order valence-electron chi connectivity index (χ4n) is 3.57. The van der Waals surface area contributed by atoms with Gasteiger partial charge in [-0.3, -0.25) is 9.69 Å². The lowest BCUT2D eigenvalue weighted by Crippen LogP contribution is -2.45. The van der Waals surface area contributed by atoms with Crippen LogP contribution in [-0.4, -0.2) is 29.9 Å². The Kier molecular flexibility index (Phi) is 5.21. The number of hydrogen-bond acceptors (Lipinski definition) is 4. The molecule has 3 aromatic rings. The maximum absolute atomic E-state index is 13.0. The third kappa shape index (κ3) is 4.12. The van der Waals surface area contributed by atoms with Crippen LogP contribution in [0.1, 0.15) is 28.8 Å². The van der Waals surface area contributed by atoms with Gasteiger partial charge in [0.05, 0.1) is 0 Å². The van der Waals surface area contributed by atoms with Crippen LogP contribution in [0, 0.1) is 5.82 Å². The predicted molar refractivity (Wildman–Crippen MR) is 105 cm³/mol. The van der Waals surface area contributed by atoms with Crippen LogP contribution in [0.5, 0.6) is 0 Å². The van der Waals surface area contributed by atoms with Crippen LogP contribution in [0.15, 0.2) is 63.8 Å². The van der Waals surface area contributed by atoms with E-state index in [1.165, 1.54) is 12.1 Å². The van der Waals surface area contributed by atoms with Gasteiger partial charge in [0, 0.05) is 31.1 Å². The van der Waals surface area contributed by atoms with E-state index in [9.17, 15) is 14.0 Å². The topological polar surface area (TPSA) is 62.6 Å². The number of likely N-dealkylation sites (tertiary alicyclic amines) is 1. The first kappa shape index (κ1) is 18.4. The van der Waals surface area contributed by atoms with Crippen molar-refractivity contribution in [2.45, 2.75) is 25.4 Å². The number of rotatable bonds is 4. The van der Waals surface area contributed by atoms with Gasteiger partial charge in [-0.2, -0.15) is 0 Å². The van der Waals surface area contributed by atoms with Crippen molar-refractivity contribution in [1.82, 2.24) is 10.2 Å². The maximum Gasteiger partial charge on any atom is 0.349 e. The zero-order valence-corrected chi connectivity index (χ0v) is 15.4. The molecule has 1 aromatic heterocycles. The number of carbonyl (C=O) groups is 1. The molecule has 0 bridgehead atoms. The van der Waals surface area contributed by atoms with Crippen molar-refractivity contribution in [1.29, 1.82) is 0 Å². The van der Waals surface area contributed by atoms with E-state index in [0.717, 1.165) is 43.4 Å². The molecule has 1 fully saturated rings. The Morgan fingerprint density at radius 3 is 2.57 bits per heavy atom. The second-order valence-corrected chi connectivity index (χ2v) is 7.14. The van der Waals surface area contributed by atoms with E-state index in [1.54, 1.807) is 30.3 Å². The molecular formula is C22H21FN2O3. The number of nitrogens with zero attached hydrogens (tertiary/aromatic N) is 1. The Morgan fingerprint density at radius 2 is 1.82 bits per heavy atom. The molecule has 1 N–H and O–H groups in total. The molecule has 4 rings (SSSR count). The first-order valence-electron chi connectivity index (χ1n) is 9.39. The highest BCUT2D eigenvalue weighted by atomic mass is 19.1. The van der Waals surface area contributed by atoms with Crippen LogP contribution in [0.4, 0.5) is 4.39 Å². The smallest absolute Gasteiger partial charge is 0.349 e. The van der Waals surface area contributed by atoms with Gasteiger partial charge in [0.25, 0.3) is 5.91 Å². The van der Waals surface area contributed by atoms with Gasteiger partial charge in [-0.25, -0.2) is 9.18 Å². The largest absolute Gasteiger partial charge is 0.422 e. The maximum atomic E-state index is 13.0. The highest BCUT2D eigenvalue weighted by Gasteiger charge is 2.23. The number of fused-ring (bicyclic) bond motifs is 1. The zero-order valence-electron chi connectivity index (χ0n) is 15.4. The molecule has 1 aliphatic rings. The number of benzene rings is 2. The molecule has 1 aliphatic heterocycles. The molecule has 1 saturated heterocycles. The van der Waals surface area contributed by atoms with Gasteiger partial charge in [0.1, 0.15) is 17.0 Å². The third-order valence-electron chi connectivity index (χ3n) is 5.13. The lowest BCUT2D eigenvalue weighted by Gasteiger charge is -2.32. The molecule has 0 saturated carbocycles. The molecule has 0 spiro atoms. The minimum Gasteiger partial charge on any atom is -0.422 e. The summed E-state index contributed by atoms with van der Waals surface area (Å²) in [6, 6.07) is 15.3. The van der Waals surface area contributed by atoms with Crippen LogP contribution in [0.25, 0.3) is 11.0 Å². The third-order valence-corrected chi connectivity index (χ3v) is 5.13. The number of piperidine rings is 1.